The largest absolute Gasteiger partial charge is 0.331 e. The monoisotopic (exact) mass is 420 g/mol. The molecule has 2 rings (SSSR count). The third kappa shape index (κ3) is 4.39. The van der Waals surface area contributed by atoms with Gasteiger partial charge in [0, 0.05) is 16.7 Å². The SMILES string of the molecule is C=CCN(Cc1ccc(C#N)cc1)C(=O)c1ccc(F)cc1I. The fourth-order valence-corrected chi connectivity index (χ4v) is 2.82. The lowest BCUT2D eigenvalue weighted by Crippen LogP contribution is -2.31. The zero-order valence-corrected chi connectivity index (χ0v) is 14.5. The predicted molar refractivity (Wildman–Crippen MR) is 95.2 cm³/mol. The van der Waals surface area contributed by atoms with Gasteiger partial charge in [0.05, 0.1) is 17.2 Å². The average molecular weight is 420 g/mol. The van der Waals surface area contributed by atoms with Crippen LogP contribution in [0.25, 0.3) is 0 Å². The summed E-state index contributed by atoms with van der Waals surface area (Å²) in [6.45, 7) is 4.46. The van der Waals surface area contributed by atoms with Crippen molar-refractivity contribution in [3.05, 3.63) is 81.2 Å². The van der Waals surface area contributed by atoms with Gasteiger partial charge in [0.2, 0.25) is 0 Å². The van der Waals surface area contributed by atoms with Gasteiger partial charge in [0.1, 0.15) is 5.82 Å². The second-order valence-corrected chi connectivity index (χ2v) is 6.07. The van der Waals surface area contributed by atoms with Crippen LogP contribution in [0.4, 0.5) is 4.39 Å². The standard InChI is InChI=1S/C18H14FIN2O/c1-2-9-22(12-14-5-3-13(11-21)4-6-14)18(23)16-8-7-15(19)10-17(16)20/h2-8,10H,1,9,12H2. The maximum absolute atomic E-state index is 13.2. The van der Waals surface area contributed by atoms with E-state index in [1.165, 1.54) is 18.2 Å². The van der Waals surface area contributed by atoms with Crippen LogP contribution < -0.4 is 0 Å². The second-order valence-electron chi connectivity index (χ2n) is 4.91. The van der Waals surface area contributed by atoms with Crippen LogP contribution in [0, 0.1) is 20.7 Å². The van der Waals surface area contributed by atoms with Gasteiger partial charge in [-0.05, 0) is 58.5 Å². The number of carbonyl (C=O) groups excluding carboxylic acids is 1. The third-order valence-electron chi connectivity index (χ3n) is 3.25. The highest BCUT2D eigenvalue weighted by Gasteiger charge is 2.18. The molecule has 0 bridgehead atoms. The van der Waals surface area contributed by atoms with Crippen molar-refractivity contribution in [2.75, 3.05) is 6.54 Å². The van der Waals surface area contributed by atoms with Crippen molar-refractivity contribution < 1.29 is 9.18 Å². The number of amides is 1. The Balaban J connectivity index is 2.24. The first-order chi connectivity index (χ1) is 11.0. The van der Waals surface area contributed by atoms with Crippen LogP contribution in [0.5, 0.6) is 0 Å². The van der Waals surface area contributed by atoms with Gasteiger partial charge in [-0.15, -0.1) is 6.58 Å². The second kappa shape index (κ2) is 7.88. The highest BCUT2D eigenvalue weighted by atomic mass is 127. The highest BCUT2D eigenvalue weighted by molar-refractivity contribution is 14.1. The van der Waals surface area contributed by atoms with Gasteiger partial charge in [-0.3, -0.25) is 4.79 Å². The molecule has 116 valence electrons. The number of nitriles is 1. The molecule has 1 amide bonds. The van der Waals surface area contributed by atoms with E-state index in [9.17, 15) is 9.18 Å². The molecule has 0 N–H and O–H groups in total. The number of hydrogen-bond donors (Lipinski definition) is 0. The molecule has 0 spiro atoms. The van der Waals surface area contributed by atoms with E-state index in [1.54, 1.807) is 23.1 Å². The van der Waals surface area contributed by atoms with E-state index in [0.29, 0.717) is 27.8 Å². The van der Waals surface area contributed by atoms with Gasteiger partial charge in [-0.25, -0.2) is 4.39 Å². The van der Waals surface area contributed by atoms with E-state index in [0.717, 1.165) is 5.56 Å². The van der Waals surface area contributed by atoms with Gasteiger partial charge in [-0.2, -0.15) is 5.26 Å². The van der Waals surface area contributed by atoms with Crippen molar-refractivity contribution in [1.29, 1.82) is 5.26 Å². The molecule has 0 aliphatic carbocycles. The minimum atomic E-state index is -0.367. The molecule has 0 aliphatic heterocycles. The average Bonchev–Trinajstić information content (AvgIpc) is 2.54. The molecule has 0 heterocycles. The summed E-state index contributed by atoms with van der Waals surface area (Å²) >= 11 is 1.95. The summed E-state index contributed by atoms with van der Waals surface area (Å²) in [5, 5.41) is 8.83. The van der Waals surface area contributed by atoms with Crippen LogP contribution in [-0.4, -0.2) is 17.4 Å². The van der Waals surface area contributed by atoms with Gasteiger partial charge < -0.3 is 4.90 Å². The fraction of sp³-hybridized carbons (Fsp3) is 0.111. The lowest BCUT2D eigenvalue weighted by atomic mass is 10.1. The van der Waals surface area contributed by atoms with E-state index in [2.05, 4.69) is 12.6 Å². The Morgan fingerprint density at radius 2 is 2.00 bits per heavy atom. The van der Waals surface area contributed by atoms with Gasteiger partial charge in [0.15, 0.2) is 0 Å². The Bertz CT molecular complexity index is 766. The molecule has 23 heavy (non-hydrogen) atoms. The maximum atomic E-state index is 13.2. The smallest absolute Gasteiger partial charge is 0.255 e. The molecule has 0 radical (unpaired) electrons. The van der Waals surface area contributed by atoms with Gasteiger partial charge in [-0.1, -0.05) is 18.2 Å². The fourth-order valence-electron chi connectivity index (χ4n) is 2.11. The Hall–Kier alpha value is -2.20. The number of hydrogen-bond acceptors (Lipinski definition) is 2. The van der Waals surface area contributed by atoms with E-state index in [-0.39, 0.29) is 11.7 Å². The molecule has 0 atom stereocenters. The first kappa shape index (κ1) is 17.2. The van der Waals surface area contributed by atoms with Crippen LogP contribution in [0.1, 0.15) is 21.5 Å². The van der Waals surface area contributed by atoms with Crippen molar-refractivity contribution in [2.45, 2.75) is 6.54 Å². The summed E-state index contributed by atoms with van der Waals surface area (Å²) in [6, 6.07) is 13.2. The first-order valence-corrected chi connectivity index (χ1v) is 7.97. The lowest BCUT2D eigenvalue weighted by Gasteiger charge is -2.22. The molecule has 5 heteroatoms. The van der Waals surface area contributed by atoms with E-state index in [1.807, 2.05) is 34.7 Å². The molecule has 0 aromatic heterocycles. The van der Waals surface area contributed by atoms with Crippen molar-refractivity contribution in [3.63, 3.8) is 0 Å². The Labute approximate surface area is 148 Å². The molecule has 3 nitrogen and oxygen atoms in total. The lowest BCUT2D eigenvalue weighted by molar-refractivity contribution is 0.0761. The molecule has 0 fully saturated rings. The molecule has 0 saturated heterocycles. The van der Waals surface area contributed by atoms with Crippen LogP contribution in [0.3, 0.4) is 0 Å². The van der Waals surface area contributed by atoms with Crippen molar-refractivity contribution in [1.82, 2.24) is 4.90 Å². The minimum absolute atomic E-state index is 0.182. The molecule has 0 unspecified atom stereocenters. The molecule has 2 aromatic carbocycles. The van der Waals surface area contributed by atoms with Crippen LogP contribution in [0.2, 0.25) is 0 Å². The van der Waals surface area contributed by atoms with E-state index < -0.39 is 0 Å². The Kier molecular flexibility index (Phi) is 5.88. The van der Waals surface area contributed by atoms with E-state index >= 15 is 0 Å². The first-order valence-electron chi connectivity index (χ1n) is 6.89. The van der Waals surface area contributed by atoms with Crippen molar-refractivity contribution in [2.24, 2.45) is 0 Å². The highest BCUT2D eigenvalue weighted by Crippen LogP contribution is 2.18. The normalized spacial score (nSPS) is 9.96. The van der Waals surface area contributed by atoms with Crippen LogP contribution >= 0.6 is 22.6 Å². The maximum Gasteiger partial charge on any atom is 0.255 e. The number of halogens is 2. The summed E-state index contributed by atoms with van der Waals surface area (Å²) in [7, 11) is 0. The zero-order chi connectivity index (χ0) is 16.8. The topological polar surface area (TPSA) is 44.1 Å². The molecular weight excluding hydrogens is 406 g/mol. The number of carbonyl (C=O) groups is 1. The summed E-state index contributed by atoms with van der Waals surface area (Å²) in [5.41, 5.74) is 1.95. The van der Waals surface area contributed by atoms with E-state index in [4.69, 9.17) is 5.26 Å². The summed E-state index contributed by atoms with van der Waals surface area (Å²) < 4.78 is 13.8. The third-order valence-corrected chi connectivity index (χ3v) is 4.15. The number of rotatable bonds is 5. The molecule has 2 aromatic rings. The Morgan fingerprint density at radius 1 is 1.30 bits per heavy atom. The quantitative estimate of drug-likeness (QED) is 0.540. The number of benzene rings is 2. The molecular formula is C18H14FIN2O. The summed E-state index contributed by atoms with van der Waals surface area (Å²) in [6.07, 6.45) is 1.65. The summed E-state index contributed by atoms with van der Waals surface area (Å²) in [5.74, 6) is -0.549. The van der Waals surface area contributed by atoms with Crippen molar-refractivity contribution >= 4 is 28.5 Å². The van der Waals surface area contributed by atoms with Crippen molar-refractivity contribution in [3.8, 4) is 6.07 Å². The van der Waals surface area contributed by atoms with Gasteiger partial charge >= 0.3 is 0 Å². The molecule has 0 saturated carbocycles. The van der Waals surface area contributed by atoms with Gasteiger partial charge in [0.25, 0.3) is 5.91 Å². The predicted octanol–water partition coefficient (Wildman–Crippen LogP) is 4.13. The van der Waals surface area contributed by atoms with Crippen LogP contribution in [0.15, 0.2) is 55.1 Å². The zero-order valence-electron chi connectivity index (χ0n) is 12.3. The minimum Gasteiger partial charge on any atom is -0.331 e. The summed E-state index contributed by atoms with van der Waals surface area (Å²) in [4.78, 5) is 14.3. The number of nitrogens with zero attached hydrogens (tertiary/aromatic N) is 2. The van der Waals surface area contributed by atoms with Crippen LogP contribution in [-0.2, 0) is 6.54 Å². The Morgan fingerprint density at radius 3 is 2.57 bits per heavy atom. The molecule has 0 aliphatic rings.